The average molecular weight is 469 g/mol. The van der Waals surface area contributed by atoms with Crippen molar-refractivity contribution in [3.63, 3.8) is 0 Å². The van der Waals surface area contributed by atoms with Crippen molar-refractivity contribution in [2.45, 2.75) is 30.7 Å². The number of nitrogens with one attached hydrogen (secondary N) is 1. The Morgan fingerprint density at radius 3 is 2.42 bits per heavy atom. The van der Waals surface area contributed by atoms with E-state index in [2.05, 4.69) is 22.4 Å². The number of carbonyl (C=O) groups is 1. The molecule has 2 aromatic carbocycles. The third-order valence-electron chi connectivity index (χ3n) is 5.91. The van der Waals surface area contributed by atoms with Crippen LogP contribution in [0.5, 0.6) is 0 Å². The summed E-state index contributed by atoms with van der Waals surface area (Å²) in [6, 6.07) is 15.6. The number of aromatic nitrogens is 1. The lowest BCUT2D eigenvalue weighted by Crippen LogP contribution is -2.38. The number of aryl methyl sites for hydroxylation is 1. The Morgan fingerprint density at radius 2 is 1.79 bits per heavy atom. The number of amides is 1. The number of hydrogen-bond donors (Lipinski definition) is 2. The zero-order valence-electron chi connectivity index (χ0n) is 18.2. The molecule has 0 aliphatic carbocycles. The monoisotopic (exact) mass is 468 g/mol. The number of primary sulfonamides is 1. The van der Waals surface area contributed by atoms with Crippen LogP contribution in [-0.4, -0.2) is 37.3 Å². The molecule has 1 aliphatic rings. The fraction of sp³-hybridized carbons (Fsp3) is 0.250. The number of carbonyl (C=O) groups excluding carboxylic acids is 1. The Bertz CT molecular complexity index is 1270. The van der Waals surface area contributed by atoms with Gasteiger partial charge in [0.05, 0.1) is 11.3 Å². The van der Waals surface area contributed by atoms with E-state index < -0.39 is 15.8 Å². The van der Waals surface area contributed by atoms with Crippen molar-refractivity contribution in [1.29, 1.82) is 0 Å². The highest BCUT2D eigenvalue weighted by atomic mass is 32.2. The highest BCUT2D eigenvalue weighted by Crippen LogP contribution is 2.31. The topological polar surface area (TPSA) is 105 Å². The molecule has 4 rings (SSSR count). The van der Waals surface area contributed by atoms with E-state index in [1.807, 2.05) is 18.2 Å². The normalized spacial score (nSPS) is 14.8. The van der Waals surface area contributed by atoms with Gasteiger partial charge in [0, 0.05) is 31.0 Å². The molecule has 1 fully saturated rings. The first kappa shape index (κ1) is 22.9. The van der Waals surface area contributed by atoms with Crippen molar-refractivity contribution in [3.05, 3.63) is 83.3 Å². The van der Waals surface area contributed by atoms with Gasteiger partial charge in [-0.2, -0.15) is 0 Å². The van der Waals surface area contributed by atoms with Crippen LogP contribution in [0.25, 0.3) is 0 Å². The SMILES string of the molecule is Cc1cc(F)ccc1Nc1cc(S(N)(=O)=O)ncc1C(=O)N1CCC(c2ccccc2)CC1. The van der Waals surface area contributed by atoms with Crippen molar-refractivity contribution in [2.75, 3.05) is 18.4 Å². The van der Waals surface area contributed by atoms with Gasteiger partial charge in [-0.15, -0.1) is 0 Å². The number of likely N-dealkylation sites (tertiary alicyclic amines) is 1. The van der Waals surface area contributed by atoms with Crippen LogP contribution in [-0.2, 0) is 10.0 Å². The van der Waals surface area contributed by atoms with Crippen molar-refractivity contribution in [3.8, 4) is 0 Å². The third kappa shape index (κ3) is 5.20. The van der Waals surface area contributed by atoms with Crippen LogP contribution in [0.2, 0.25) is 0 Å². The molecule has 1 aromatic heterocycles. The maximum atomic E-state index is 13.5. The summed E-state index contributed by atoms with van der Waals surface area (Å²) in [6.45, 7) is 2.86. The first-order valence-electron chi connectivity index (χ1n) is 10.6. The number of rotatable bonds is 5. The number of piperidine rings is 1. The summed E-state index contributed by atoms with van der Waals surface area (Å²) in [5.41, 5.74) is 2.88. The Balaban J connectivity index is 1.60. The van der Waals surface area contributed by atoms with Gasteiger partial charge in [-0.1, -0.05) is 30.3 Å². The largest absolute Gasteiger partial charge is 0.355 e. The van der Waals surface area contributed by atoms with E-state index in [0.29, 0.717) is 30.3 Å². The Hall–Kier alpha value is -3.30. The number of nitrogens with zero attached hydrogens (tertiary/aromatic N) is 2. The second kappa shape index (κ2) is 9.29. The molecule has 3 N–H and O–H groups in total. The van der Waals surface area contributed by atoms with Gasteiger partial charge in [0.15, 0.2) is 5.03 Å². The second-order valence-electron chi connectivity index (χ2n) is 8.17. The molecule has 172 valence electrons. The van der Waals surface area contributed by atoms with E-state index in [0.717, 1.165) is 12.8 Å². The molecule has 1 amide bonds. The van der Waals surface area contributed by atoms with Crippen molar-refractivity contribution in [2.24, 2.45) is 5.14 Å². The van der Waals surface area contributed by atoms with Gasteiger partial charge >= 0.3 is 0 Å². The predicted octanol–water partition coefficient (Wildman–Crippen LogP) is 3.94. The summed E-state index contributed by atoms with van der Waals surface area (Å²) in [4.78, 5) is 19.0. The molecule has 2 heterocycles. The van der Waals surface area contributed by atoms with Crippen molar-refractivity contribution in [1.82, 2.24) is 9.88 Å². The maximum Gasteiger partial charge on any atom is 0.257 e. The van der Waals surface area contributed by atoms with Gasteiger partial charge in [0.25, 0.3) is 15.9 Å². The molecule has 7 nitrogen and oxygen atoms in total. The number of benzene rings is 2. The lowest BCUT2D eigenvalue weighted by Gasteiger charge is -2.32. The standard InChI is InChI=1S/C24H25FN4O3S/c1-16-13-19(25)7-8-21(16)28-22-14-23(33(26,31)32)27-15-20(22)24(30)29-11-9-18(10-12-29)17-5-3-2-4-6-17/h2-8,13-15,18H,9-12H2,1H3,(H,27,28)(H2,26,31,32). The number of pyridine rings is 1. The maximum absolute atomic E-state index is 13.5. The molecular formula is C24H25FN4O3S. The smallest absolute Gasteiger partial charge is 0.257 e. The minimum atomic E-state index is -4.08. The predicted molar refractivity (Wildman–Crippen MR) is 124 cm³/mol. The fourth-order valence-electron chi connectivity index (χ4n) is 4.09. The van der Waals surface area contributed by atoms with Gasteiger partial charge in [0.1, 0.15) is 5.82 Å². The van der Waals surface area contributed by atoms with Crippen molar-refractivity contribution >= 4 is 27.3 Å². The molecule has 1 saturated heterocycles. The van der Waals surface area contributed by atoms with Crippen LogP contribution in [0.1, 0.15) is 40.2 Å². The molecule has 0 unspecified atom stereocenters. The summed E-state index contributed by atoms with van der Waals surface area (Å²) in [5.74, 6) is -0.259. The first-order valence-corrected chi connectivity index (χ1v) is 12.2. The lowest BCUT2D eigenvalue weighted by molar-refractivity contribution is 0.0713. The molecule has 33 heavy (non-hydrogen) atoms. The third-order valence-corrected chi connectivity index (χ3v) is 6.72. The Kier molecular flexibility index (Phi) is 6.44. The van der Waals surface area contributed by atoms with Crippen LogP contribution >= 0.6 is 0 Å². The number of nitrogens with two attached hydrogens (primary N) is 1. The fourth-order valence-corrected chi connectivity index (χ4v) is 4.57. The van der Waals surface area contributed by atoms with E-state index in [1.165, 1.54) is 36.0 Å². The zero-order chi connectivity index (χ0) is 23.6. The van der Waals surface area contributed by atoms with Crippen molar-refractivity contribution < 1.29 is 17.6 Å². The van der Waals surface area contributed by atoms with E-state index in [-0.39, 0.29) is 22.2 Å². The molecular weight excluding hydrogens is 443 g/mol. The zero-order valence-corrected chi connectivity index (χ0v) is 19.0. The van der Waals surface area contributed by atoms with Gasteiger partial charge in [-0.25, -0.2) is 22.9 Å². The van der Waals surface area contributed by atoms with E-state index in [4.69, 9.17) is 5.14 Å². The molecule has 0 spiro atoms. The summed E-state index contributed by atoms with van der Waals surface area (Å²) < 4.78 is 37.2. The minimum absolute atomic E-state index is 0.226. The molecule has 1 aliphatic heterocycles. The Labute approximate surface area is 192 Å². The number of hydrogen-bond acceptors (Lipinski definition) is 5. The highest BCUT2D eigenvalue weighted by Gasteiger charge is 2.27. The van der Waals surface area contributed by atoms with Gasteiger partial charge in [-0.05, 0) is 55.0 Å². The lowest BCUT2D eigenvalue weighted by atomic mass is 9.89. The van der Waals surface area contributed by atoms with Gasteiger partial charge < -0.3 is 10.2 Å². The Morgan fingerprint density at radius 1 is 1.09 bits per heavy atom. The van der Waals surface area contributed by atoms with E-state index in [9.17, 15) is 17.6 Å². The van der Waals surface area contributed by atoms with Crippen LogP contribution < -0.4 is 10.5 Å². The molecule has 0 atom stereocenters. The minimum Gasteiger partial charge on any atom is -0.355 e. The first-order chi connectivity index (χ1) is 15.7. The highest BCUT2D eigenvalue weighted by molar-refractivity contribution is 7.89. The van der Waals surface area contributed by atoms with Crippen LogP contribution in [0.4, 0.5) is 15.8 Å². The van der Waals surface area contributed by atoms with Gasteiger partial charge in [0.2, 0.25) is 0 Å². The number of sulfonamides is 1. The molecule has 3 aromatic rings. The average Bonchev–Trinajstić information content (AvgIpc) is 2.80. The number of anilines is 2. The van der Waals surface area contributed by atoms with Crippen LogP contribution in [0, 0.1) is 12.7 Å². The second-order valence-corrected chi connectivity index (χ2v) is 9.68. The summed E-state index contributed by atoms with van der Waals surface area (Å²) >= 11 is 0. The number of halogens is 1. The quantitative estimate of drug-likeness (QED) is 0.590. The summed E-state index contributed by atoms with van der Waals surface area (Å²) in [7, 11) is -4.08. The molecule has 0 radical (unpaired) electrons. The van der Waals surface area contributed by atoms with Crippen LogP contribution in [0.15, 0.2) is 65.8 Å². The molecule has 0 saturated carbocycles. The van der Waals surface area contributed by atoms with Crippen LogP contribution in [0.3, 0.4) is 0 Å². The summed E-state index contributed by atoms with van der Waals surface area (Å²) in [6.07, 6.45) is 2.89. The van der Waals surface area contributed by atoms with E-state index in [1.54, 1.807) is 11.8 Å². The molecule has 9 heteroatoms. The molecule has 0 bridgehead atoms. The van der Waals surface area contributed by atoms with E-state index >= 15 is 0 Å². The van der Waals surface area contributed by atoms with Gasteiger partial charge in [-0.3, -0.25) is 4.79 Å². The summed E-state index contributed by atoms with van der Waals surface area (Å²) in [5, 5.41) is 7.95.